The SMILES string of the molecule is CCOC(=O)/C(C#N)=C\N1CCN(c2cc(Cl)ccc2C)CC1. The molecule has 0 bridgehead atoms. The lowest BCUT2D eigenvalue weighted by atomic mass is 10.1. The molecule has 0 radical (unpaired) electrons. The van der Waals surface area contributed by atoms with Gasteiger partial charge in [0, 0.05) is 43.1 Å². The fourth-order valence-electron chi connectivity index (χ4n) is 2.53. The summed E-state index contributed by atoms with van der Waals surface area (Å²) < 4.78 is 4.87. The Kier molecular flexibility index (Phi) is 5.89. The Bertz CT molecular complexity index is 644. The highest BCUT2D eigenvalue weighted by Crippen LogP contribution is 2.25. The van der Waals surface area contributed by atoms with Crippen molar-refractivity contribution in [3.63, 3.8) is 0 Å². The van der Waals surface area contributed by atoms with Crippen molar-refractivity contribution in [3.8, 4) is 6.07 Å². The molecule has 1 aromatic carbocycles. The summed E-state index contributed by atoms with van der Waals surface area (Å²) in [6.45, 7) is 7.12. The molecule has 6 heteroatoms. The van der Waals surface area contributed by atoms with Crippen LogP contribution in [-0.4, -0.2) is 43.7 Å². The van der Waals surface area contributed by atoms with E-state index in [1.54, 1.807) is 13.1 Å². The summed E-state index contributed by atoms with van der Waals surface area (Å²) in [5.41, 5.74) is 2.36. The van der Waals surface area contributed by atoms with Crippen LogP contribution in [0.5, 0.6) is 0 Å². The van der Waals surface area contributed by atoms with E-state index in [4.69, 9.17) is 21.6 Å². The zero-order chi connectivity index (χ0) is 16.8. The van der Waals surface area contributed by atoms with Gasteiger partial charge in [0.15, 0.2) is 5.57 Å². The van der Waals surface area contributed by atoms with E-state index in [1.165, 1.54) is 5.56 Å². The van der Waals surface area contributed by atoms with Crippen LogP contribution in [0.1, 0.15) is 12.5 Å². The number of nitrogens with zero attached hydrogens (tertiary/aromatic N) is 3. The monoisotopic (exact) mass is 333 g/mol. The maximum Gasteiger partial charge on any atom is 0.350 e. The Balaban J connectivity index is 2.02. The van der Waals surface area contributed by atoms with Crippen molar-refractivity contribution in [2.45, 2.75) is 13.8 Å². The molecule has 0 aromatic heterocycles. The number of anilines is 1. The molecule has 0 spiro atoms. The highest BCUT2D eigenvalue weighted by molar-refractivity contribution is 6.30. The third-order valence-electron chi connectivity index (χ3n) is 3.75. The smallest absolute Gasteiger partial charge is 0.350 e. The van der Waals surface area contributed by atoms with E-state index in [9.17, 15) is 4.79 Å². The third-order valence-corrected chi connectivity index (χ3v) is 3.99. The maximum atomic E-state index is 11.7. The van der Waals surface area contributed by atoms with Crippen molar-refractivity contribution < 1.29 is 9.53 Å². The first-order chi connectivity index (χ1) is 11.0. The zero-order valence-electron chi connectivity index (χ0n) is 13.4. The Morgan fingerprint density at radius 2 is 2.09 bits per heavy atom. The van der Waals surface area contributed by atoms with Crippen molar-refractivity contribution in [1.82, 2.24) is 4.90 Å². The van der Waals surface area contributed by atoms with Crippen LogP contribution in [0.15, 0.2) is 30.0 Å². The highest BCUT2D eigenvalue weighted by atomic mass is 35.5. The molecule has 2 rings (SSSR count). The van der Waals surface area contributed by atoms with Crippen LogP contribution in [0.3, 0.4) is 0 Å². The summed E-state index contributed by atoms with van der Waals surface area (Å²) >= 11 is 6.08. The fourth-order valence-corrected chi connectivity index (χ4v) is 2.70. The first-order valence-corrected chi connectivity index (χ1v) is 7.97. The molecule has 0 amide bonds. The fraction of sp³-hybridized carbons (Fsp3) is 0.412. The molecule has 1 saturated heterocycles. The minimum atomic E-state index is -0.567. The van der Waals surface area contributed by atoms with E-state index in [0.29, 0.717) is 0 Å². The Hall–Kier alpha value is -2.19. The van der Waals surface area contributed by atoms with Crippen molar-refractivity contribution in [3.05, 3.63) is 40.6 Å². The number of carbonyl (C=O) groups excluding carboxylic acids is 1. The van der Waals surface area contributed by atoms with Gasteiger partial charge in [-0.3, -0.25) is 0 Å². The first kappa shape index (κ1) is 17.2. The number of benzene rings is 1. The number of hydrogen-bond acceptors (Lipinski definition) is 5. The van der Waals surface area contributed by atoms with Gasteiger partial charge in [-0.05, 0) is 31.5 Å². The third kappa shape index (κ3) is 4.40. The molecule has 1 fully saturated rings. The van der Waals surface area contributed by atoms with Gasteiger partial charge in [-0.2, -0.15) is 5.26 Å². The Labute approximate surface area is 141 Å². The minimum Gasteiger partial charge on any atom is -0.462 e. The van der Waals surface area contributed by atoms with E-state index in [2.05, 4.69) is 11.8 Å². The van der Waals surface area contributed by atoms with Crippen LogP contribution in [-0.2, 0) is 9.53 Å². The molecule has 0 N–H and O–H groups in total. The molecule has 0 atom stereocenters. The number of aryl methyl sites for hydroxylation is 1. The van der Waals surface area contributed by atoms with Gasteiger partial charge in [0.25, 0.3) is 0 Å². The average molecular weight is 334 g/mol. The van der Waals surface area contributed by atoms with Gasteiger partial charge >= 0.3 is 5.97 Å². The van der Waals surface area contributed by atoms with E-state index in [0.717, 1.165) is 36.9 Å². The lowest BCUT2D eigenvalue weighted by Gasteiger charge is -2.36. The largest absolute Gasteiger partial charge is 0.462 e. The Morgan fingerprint density at radius 3 is 2.70 bits per heavy atom. The van der Waals surface area contributed by atoms with Gasteiger partial charge in [-0.1, -0.05) is 17.7 Å². The molecule has 1 aliphatic heterocycles. The lowest BCUT2D eigenvalue weighted by Crippen LogP contribution is -2.44. The number of piperazine rings is 1. The second-order valence-electron chi connectivity index (χ2n) is 5.33. The summed E-state index contributed by atoms with van der Waals surface area (Å²) in [5, 5.41) is 9.80. The molecule has 1 heterocycles. The topological polar surface area (TPSA) is 56.6 Å². The molecule has 1 aliphatic rings. The number of esters is 1. The Morgan fingerprint density at radius 1 is 1.39 bits per heavy atom. The standard InChI is InChI=1S/C17H20ClN3O2/c1-3-23-17(22)14(11-19)12-20-6-8-21(9-7-20)16-10-15(18)5-4-13(16)2/h4-5,10,12H,3,6-9H2,1-2H3/b14-12-. The van der Waals surface area contributed by atoms with Gasteiger partial charge in [0.1, 0.15) is 6.07 Å². The summed E-state index contributed by atoms with van der Waals surface area (Å²) in [6, 6.07) is 7.78. The number of halogens is 1. The van der Waals surface area contributed by atoms with Crippen molar-refractivity contribution in [1.29, 1.82) is 5.26 Å². The predicted molar refractivity (Wildman–Crippen MR) is 90.3 cm³/mol. The van der Waals surface area contributed by atoms with E-state index in [-0.39, 0.29) is 12.2 Å². The molecule has 5 nitrogen and oxygen atoms in total. The van der Waals surface area contributed by atoms with Gasteiger partial charge in [-0.15, -0.1) is 0 Å². The van der Waals surface area contributed by atoms with Crippen LogP contribution in [0.2, 0.25) is 5.02 Å². The van der Waals surface area contributed by atoms with Crippen molar-refractivity contribution in [2.75, 3.05) is 37.7 Å². The van der Waals surface area contributed by atoms with Crippen LogP contribution in [0.4, 0.5) is 5.69 Å². The molecule has 122 valence electrons. The quantitative estimate of drug-likeness (QED) is 0.482. The van der Waals surface area contributed by atoms with Crippen LogP contribution in [0, 0.1) is 18.3 Å². The predicted octanol–water partition coefficient (Wildman–Crippen LogP) is 2.74. The van der Waals surface area contributed by atoms with Gasteiger partial charge in [-0.25, -0.2) is 4.79 Å². The molecule has 23 heavy (non-hydrogen) atoms. The number of rotatable bonds is 4. The number of carbonyl (C=O) groups is 1. The number of ether oxygens (including phenoxy) is 1. The average Bonchev–Trinajstić information content (AvgIpc) is 2.55. The van der Waals surface area contributed by atoms with Gasteiger partial charge in [0.05, 0.1) is 6.61 Å². The second kappa shape index (κ2) is 7.89. The summed E-state index contributed by atoms with van der Waals surface area (Å²) in [6.07, 6.45) is 1.60. The minimum absolute atomic E-state index is 0.0410. The molecular weight excluding hydrogens is 314 g/mol. The maximum absolute atomic E-state index is 11.7. The van der Waals surface area contributed by atoms with E-state index < -0.39 is 5.97 Å². The number of hydrogen-bond donors (Lipinski definition) is 0. The lowest BCUT2D eigenvalue weighted by molar-refractivity contribution is -0.138. The molecule has 0 unspecified atom stereocenters. The normalized spacial score (nSPS) is 15.3. The van der Waals surface area contributed by atoms with Crippen LogP contribution >= 0.6 is 11.6 Å². The molecular formula is C17H20ClN3O2. The summed E-state index contributed by atoms with van der Waals surface area (Å²) in [7, 11) is 0. The zero-order valence-corrected chi connectivity index (χ0v) is 14.1. The second-order valence-corrected chi connectivity index (χ2v) is 5.77. The number of nitriles is 1. The van der Waals surface area contributed by atoms with Gasteiger partial charge in [0.2, 0.25) is 0 Å². The first-order valence-electron chi connectivity index (χ1n) is 7.59. The van der Waals surface area contributed by atoms with Crippen molar-refractivity contribution in [2.24, 2.45) is 0 Å². The highest BCUT2D eigenvalue weighted by Gasteiger charge is 2.19. The van der Waals surface area contributed by atoms with E-state index in [1.807, 2.05) is 29.2 Å². The van der Waals surface area contributed by atoms with E-state index >= 15 is 0 Å². The molecule has 0 saturated carbocycles. The van der Waals surface area contributed by atoms with Crippen molar-refractivity contribution >= 4 is 23.3 Å². The molecule has 0 aliphatic carbocycles. The molecule has 1 aromatic rings. The summed E-state index contributed by atoms with van der Waals surface area (Å²) in [4.78, 5) is 15.9. The van der Waals surface area contributed by atoms with Crippen LogP contribution < -0.4 is 4.90 Å². The summed E-state index contributed by atoms with van der Waals surface area (Å²) in [5.74, 6) is -0.567. The van der Waals surface area contributed by atoms with Crippen LogP contribution in [0.25, 0.3) is 0 Å². The van der Waals surface area contributed by atoms with Gasteiger partial charge < -0.3 is 14.5 Å².